The monoisotopic (exact) mass is 258 g/mol. The Bertz CT molecular complexity index is 160. The molecule has 0 aliphatic rings. The van der Waals surface area contributed by atoms with Crippen LogP contribution in [0.5, 0.6) is 0 Å². The maximum absolute atomic E-state index is 8.92. The minimum atomic E-state index is 0.352. The highest BCUT2D eigenvalue weighted by molar-refractivity contribution is 4.47. The molecule has 0 radical (unpaired) electrons. The number of aliphatic hydroxyl groups is 1. The highest BCUT2D eigenvalue weighted by atomic mass is 16.2. The van der Waals surface area contributed by atoms with Crippen LogP contribution in [-0.4, -0.2) is 42.9 Å². The van der Waals surface area contributed by atoms with Gasteiger partial charge in [0.05, 0.1) is 26.7 Å². The first-order chi connectivity index (χ1) is 8.68. The normalized spacial score (nSPS) is 14.7. The van der Waals surface area contributed by atoms with E-state index in [2.05, 4.69) is 20.9 Å². The minimum Gasteiger partial charge on any atom is -0.396 e. The summed E-state index contributed by atoms with van der Waals surface area (Å²) in [5.41, 5.74) is 0. The number of quaternary nitrogens is 1. The van der Waals surface area contributed by atoms with Crippen LogP contribution in [0.25, 0.3) is 0 Å². The number of hydrogen-bond donors (Lipinski definition) is 1. The zero-order valence-corrected chi connectivity index (χ0v) is 13.1. The SMILES string of the molecule is CCCCCC[N+](C)(CCCCC)CCCCO. The molecule has 0 aromatic carbocycles. The minimum absolute atomic E-state index is 0.352. The van der Waals surface area contributed by atoms with Gasteiger partial charge in [-0.2, -0.15) is 0 Å². The first-order valence-electron chi connectivity index (χ1n) is 8.13. The van der Waals surface area contributed by atoms with E-state index < -0.39 is 0 Å². The Morgan fingerprint density at radius 2 is 1.11 bits per heavy atom. The fourth-order valence-electron chi connectivity index (χ4n) is 2.60. The number of hydrogen-bond acceptors (Lipinski definition) is 1. The van der Waals surface area contributed by atoms with Gasteiger partial charge in [-0.3, -0.25) is 0 Å². The van der Waals surface area contributed by atoms with Crippen molar-refractivity contribution in [1.82, 2.24) is 0 Å². The van der Waals surface area contributed by atoms with Crippen molar-refractivity contribution in [2.24, 2.45) is 0 Å². The summed E-state index contributed by atoms with van der Waals surface area (Å²) in [6.45, 7) is 8.80. The second-order valence-electron chi connectivity index (χ2n) is 5.99. The highest BCUT2D eigenvalue weighted by Crippen LogP contribution is 2.13. The summed E-state index contributed by atoms with van der Waals surface area (Å²) in [5.74, 6) is 0. The number of unbranched alkanes of at least 4 members (excludes halogenated alkanes) is 6. The Morgan fingerprint density at radius 1 is 0.667 bits per heavy atom. The smallest absolute Gasteiger partial charge is 0.0785 e. The molecule has 18 heavy (non-hydrogen) atoms. The first kappa shape index (κ1) is 17.9. The van der Waals surface area contributed by atoms with Crippen molar-refractivity contribution >= 4 is 0 Å². The molecule has 1 N–H and O–H groups in total. The van der Waals surface area contributed by atoms with Crippen LogP contribution in [0.3, 0.4) is 0 Å². The van der Waals surface area contributed by atoms with Crippen molar-refractivity contribution in [3.8, 4) is 0 Å². The molecule has 0 rings (SSSR count). The quantitative estimate of drug-likeness (QED) is 0.391. The standard InChI is InChI=1S/C16H36NO/c1-4-6-8-10-14-17(3,13-9-7-5-2)15-11-12-16-18/h18H,4-16H2,1-3H3/q+1. The zero-order valence-electron chi connectivity index (χ0n) is 13.1. The van der Waals surface area contributed by atoms with Crippen molar-refractivity contribution in [2.75, 3.05) is 33.3 Å². The molecule has 110 valence electrons. The molecule has 0 fully saturated rings. The van der Waals surface area contributed by atoms with Crippen molar-refractivity contribution in [1.29, 1.82) is 0 Å². The fourth-order valence-corrected chi connectivity index (χ4v) is 2.60. The molecular formula is C16H36NO+. The van der Waals surface area contributed by atoms with Gasteiger partial charge in [-0.15, -0.1) is 0 Å². The Kier molecular flexibility index (Phi) is 11.9. The van der Waals surface area contributed by atoms with Gasteiger partial charge < -0.3 is 9.59 Å². The van der Waals surface area contributed by atoms with E-state index in [1.54, 1.807) is 0 Å². The van der Waals surface area contributed by atoms with Crippen LogP contribution in [0, 0.1) is 0 Å². The predicted molar refractivity (Wildman–Crippen MR) is 80.8 cm³/mol. The Hall–Kier alpha value is -0.0800. The Labute approximate surface area is 115 Å². The van der Waals surface area contributed by atoms with Gasteiger partial charge in [-0.25, -0.2) is 0 Å². The second kappa shape index (κ2) is 12.0. The van der Waals surface area contributed by atoms with Gasteiger partial charge in [-0.1, -0.05) is 33.1 Å². The zero-order chi connectivity index (χ0) is 13.7. The second-order valence-corrected chi connectivity index (χ2v) is 5.99. The van der Waals surface area contributed by atoms with Crippen LogP contribution in [0.1, 0.15) is 71.6 Å². The van der Waals surface area contributed by atoms with E-state index in [0.717, 1.165) is 6.42 Å². The lowest BCUT2D eigenvalue weighted by atomic mass is 10.1. The summed E-state index contributed by atoms with van der Waals surface area (Å²) < 4.78 is 1.23. The van der Waals surface area contributed by atoms with Gasteiger partial charge >= 0.3 is 0 Å². The van der Waals surface area contributed by atoms with Crippen molar-refractivity contribution in [3.05, 3.63) is 0 Å². The van der Waals surface area contributed by atoms with Crippen LogP contribution in [-0.2, 0) is 0 Å². The average molecular weight is 258 g/mol. The van der Waals surface area contributed by atoms with Gasteiger partial charge in [0, 0.05) is 6.61 Å². The van der Waals surface area contributed by atoms with E-state index in [-0.39, 0.29) is 0 Å². The lowest BCUT2D eigenvalue weighted by Gasteiger charge is -2.35. The number of rotatable bonds is 13. The Morgan fingerprint density at radius 3 is 1.61 bits per heavy atom. The summed E-state index contributed by atoms with van der Waals surface area (Å²) in [6.07, 6.45) is 11.6. The lowest BCUT2D eigenvalue weighted by Crippen LogP contribution is -2.46. The summed E-state index contributed by atoms with van der Waals surface area (Å²) in [7, 11) is 2.42. The van der Waals surface area contributed by atoms with Gasteiger partial charge in [-0.05, 0) is 38.5 Å². The topological polar surface area (TPSA) is 20.2 Å². The van der Waals surface area contributed by atoms with E-state index in [9.17, 15) is 0 Å². The molecule has 0 aromatic heterocycles. The van der Waals surface area contributed by atoms with Crippen LogP contribution in [0.2, 0.25) is 0 Å². The molecule has 2 nitrogen and oxygen atoms in total. The maximum atomic E-state index is 8.92. The molecule has 0 aliphatic carbocycles. The summed E-state index contributed by atoms with van der Waals surface area (Å²) >= 11 is 0. The Balaban J connectivity index is 3.95. The van der Waals surface area contributed by atoms with Crippen LogP contribution < -0.4 is 0 Å². The van der Waals surface area contributed by atoms with Crippen molar-refractivity contribution in [3.63, 3.8) is 0 Å². The summed E-state index contributed by atoms with van der Waals surface area (Å²) in [4.78, 5) is 0. The molecule has 0 aliphatic heterocycles. The average Bonchev–Trinajstić information content (AvgIpc) is 2.36. The molecule has 0 aromatic rings. The number of nitrogens with zero attached hydrogens (tertiary/aromatic N) is 1. The highest BCUT2D eigenvalue weighted by Gasteiger charge is 2.19. The van der Waals surface area contributed by atoms with E-state index in [1.165, 1.54) is 75.5 Å². The first-order valence-corrected chi connectivity index (χ1v) is 8.13. The van der Waals surface area contributed by atoms with Gasteiger partial charge in [0.15, 0.2) is 0 Å². The van der Waals surface area contributed by atoms with Crippen LogP contribution in [0.15, 0.2) is 0 Å². The molecule has 0 bridgehead atoms. The van der Waals surface area contributed by atoms with Crippen LogP contribution >= 0.6 is 0 Å². The molecular weight excluding hydrogens is 222 g/mol. The third-order valence-electron chi connectivity index (χ3n) is 3.96. The van der Waals surface area contributed by atoms with Crippen molar-refractivity contribution in [2.45, 2.75) is 71.6 Å². The van der Waals surface area contributed by atoms with E-state index >= 15 is 0 Å². The molecule has 0 saturated carbocycles. The molecule has 2 heteroatoms. The van der Waals surface area contributed by atoms with E-state index in [1.807, 2.05) is 0 Å². The maximum Gasteiger partial charge on any atom is 0.0785 e. The predicted octanol–water partition coefficient (Wildman–Crippen LogP) is 3.98. The lowest BCUT2D eigenvalue weighted by molar-refractivity contribution is -0.910. The molecule has 0 heterocycles. The van der Waals surface area contributed by atoms with Gasteiger partial charge in [0.1, 0.15) is 0 Å². The largest absolute Gasteiger partial charge is 0.396 e. The van der Waals surface area contributed by atoms with E-state index in [4.69, 9.17) is 5.11 Å². The fraction of sp³-hybridized carbons (Fsp3) is 1.00. The molecule has 0 spiro atoms. The summed E-state index contributed by atoms with van der Waals surface area (Å²) in [5, 5.41) is 8.92. The molecule has 0 amide bonds. The van der Waals surface area contributed by atoms with Crippen molar-refractivity contribution < 1.29 is 9.59 Å². The number of aliphatic hydroxyl groups excluding tert-OH is 1. The van der Waals surface area contributed by atoms with Crippen LogP contribution in [0.4, 0.5) is 0 Å². The van der Waals surface area contributed by atoms with E-state index in [0.29, 0.717) is 6.61 Å². The third kappa shape index (κ3) is 9.90. The van der Waals surface area contributed by atoms with Gasteiger partial charge in [0.25, 0.3) is 0 Å². The molecule has 1 unspecified atom stereocenters. The molecule has 1 atom stereocenters. The molecule has 0 saturated heterocycles. The third-order valence-corrected chi connectivity index (χ3v) is 3.96. The summed E-state index contributed by atoms with van der Waals surface area (Å²) in [6, 6.07) is 0. The van der Waals surface area contributed by atoms with Gasteiger partial charge in [0.2, 0.25) is 0 Å².